The zero-order valence-corrected chi connectivity index (χ0v) is 39.2. The molecule has 0 aromatic carbocycles. The maximum absolute atomic E-state index is 13.6. The van der Waals surface area contributed by atoms with E-state index in [4.69, 9.17) is 0 Å². The van der Waals surface area contributed by atoms with Crippen LogP contribution in [0.15, 0.2) is 0 Å². The molecule has 0 aliphatic rings. The summed E-state index contributed by atoms with van der Waals surface area (Å²) >= 11 is 0. The summed E-state index contributed by atoms with van der Waals surface area (Å²) in [6.07, 6.45) is 48.6. The van der Waals surface area contributed by atoms with E-state index in [0.29, 0.717) is 0 Å². The number of nitrogens with two attached hydrogens (primary N) is 1. The highest BCUT2D eigenvalue weighted by Crippen LogP contribution is 2.16. The Balaban J connectivity index is 4.53. The van der Waals surface area contributed by atoms with Crippen molar-refractivity contribution in [2.75, 3.05) is 45.8 Å². The molecule has 0 bridgehead atoms. The zero-order valence-electron chi connectivity index (χ0n) is 39.2. The van der Waals surface area contributed by atoms with E-state index in [1.165, 1.54) is 193 Å². The SMILES string of the molecule is CCCCCCCCCCCCCCCCCCN(CCCCCCCCCCCCCCCCCC)C(=O)CNC(=O)C(CCC[NH2+]CCC[NH3+])NCCCC. The number of rotatable bonds is 48. The van der Waals surface area contributed by atoms with Crippen molar-refractivity contribution in [1.29, 1.82) is 0 Å². The Morgan fingerprint density at radius 3 is 1.19 bits per heavy atom. The topological polar surface area (TPSA) is 106 Å². The quantitative estimate of drug-likeness (QED) is 0.0460. The van der Waals surface area contributed by atoms with Crippen molar-refractivity contribution in [2.24, 2.45) is 0 Å². The summed E-state index contributed by atoms with van der Waals surface area (Å²) in [6, 6.07) is -0.223. The molecule has 0 spiro atoms. The van der Waals surface area contributed by atoms with Crippen LogP contribution in [0, 0.1) is 0 Å². The number of unbranched alkanes of at least 4 members (excludes halogenated alkanes) is 31. The van der Waals surface area contributed by atoms with Gasteiger partial charge < -0.3 is 26.6 Å². The van der Waals surface area contributed by atoms with Crippen LogP contribution in [-0.2, 0) is 9.59 Å². The van der Waals surface area contributed by atoms with Gasteiger partial charge >= 0.3 is 0 Å². The van der Waals surface area contributed by atoms with Gasteiger partial charge in [0.2, 0.25) is 11.8 Å². The third-order valence-electron chi connectivity index (χ3n) is 12.1. The minimum absolute atomic E-state index is 0.0121. The van der Waals surface area contributed by atoms with E-state index in [9.17, 15) is 9.59 Å². The molecule has 0 heterocycles. The van der Waals surface area contributed by atoms with Gasteiger partial charge in [0.25, 0.3) is 0 Å². The maximum Gasteiger partial charge on any atom is 0.241 e. The molecule has 1 unspecified atom stereocenters. The van der Waals surface area contributed by atoms with Crippen LogP contribution in [-0.4, -0.2) is 68.6 Å². The smallest absolute Gasteiger partial charge is 0.241 e. The van der Waals surface area contributed by atoms with Crippen molar-refractivity contribution in [3.63, 3.8) is 0 Å². The molecule has 7 nitrogen and oxygen atoms in total. The first-order valence-corrected chi connectivity index (χ1v) is 26.0. The van der Waals surface area contributed by atoms with Crippen LogP contribution in [0.2, 0.25) is 0 Å². The molecule has 57 heavy (non-hydrogen) atoms. The zero-order chi connectivity index (χ0) is 41.5. The molecule has 1 atom stereocenters. The summed E-state index contributed by atoms with van der Waals surface area (Å²) in [7, 11) is 0. The third-order valence-corrected chi connectivity index (χ3v) is 12.1. The van der Waals surface area contributed by atoms with Crippen LogP contribution in [0.1, 0.15) is 258 Å². The summed E-state index contributed by atoms with van der Waals surface area (Å²) in [5.74, 6) is 0.0843. The van der Waals surface area contributed by atoms with Gasteiger partial charge in [-0.25, -0.2) is 0 Å². The number of carbonyl (C=O) groups excluding carboxylic acids is 2. The number of quaternary nitrogens is 2. The highest BCUT2D eigenvalue weighted by atomic mass is 16.2. The first-order valence-electron chi connectivity index (χ1n) is 26.0. The standard InChI is InChI=1S/C50H103N5O2/c1-4-7-10-12-14-16-18-20-22-24-26-28-30-32-34-36-45-55(46-37-35-33-31-29-27-25-23-21-19-17-15-13-11-8-5-2)49(56)47-54-50(57)48(53-44-9-6-3)40-38-42-52-43-39-41-51/h48,52-53H,4-47,51H2,1-3H3,(H,54,57)/p+2. The van der Waals surface area contributed by atoms with Gasteiger partial charge in [-0.1, -0.05) is 220 Å². The summed E-state index contributed by atoms with van der Waals surface area (Å²) in [6.45, 7) is 12.5. The summed E-state index contributed by atoms with van der Waals surface area (Å²) in [4.78, 5) is 28.9. The van der Waals surface area contributed by atoms with E-state index in [0.717, 1.165) is 84.2 Å². The first-order chi connectivity index (χ1) is 28.1. The van der Waals surface area contributed by atoms with E-state index >= 15 is 0 Å². The molecule has 0 radical (unpaired) electrons. The fourth-order valence-electron chi connectivity index (χ4n) is 8.14. The molecule has 0 saturated carbocycles. The molecule has 0 aliphatic carbocycles. The highest BCUT2D eigenvalue weighted by molar-refractivity contribution is 5.87. The lowest BCUT2D eigenvalue weighted by Gasteiger charge is -2.24. The monoisotopic (exact) mass is 808 g/mol. The Labute approximate surface area is 357 Å². The van der Waals surface area contributed by atoms with Gasteiger partial charge in [0.05, 0.1) is 32.2 Å². The number of nitrogens with one attached hydrogen (secondary N) is 2. The number of amides is 2. The predicted octanol–water partition coefficient (Wildman–Crippen LogP) is 11.2. The van der Waals surface area contributed by atoms with Gasteiger partial charge in [0, 0.05) is 19.5 Å². The van der Waals surface area contributed by atoms with Crippen molar-refractivity contribution < 1.29 is 20.6 Å². The molecule has 2 amide bonds. The van der Waals surface area contributed by atoms with Crippen molar-refractivity contribution in [2.45, 2.75) is 264 Å². The van der Waals surface area contributed by atoms with Crippen LogP contribution < -0.4 is 21.7 Å². The number of hydrogen-bond acceptors (Lipinski definition) is 3. The molecular weight excluding hydrogens is 703 g/mol. The lowest BCUT2D eigenvalue weighted by atomic mass is 10.0. The van der Waals surface area contributed by atoms with Gasteiger partial charge in [-0.15, -0.1) is 0 Å². The predicted molar refractivity (Wildman–Crippen MR) is 249 cm³/mol. The fourth-order valence-corrected chi connectivity index (χ4v) is 8.14. The average Bonchev–Trinajstić information content (AvgIpc) is 3.22. The molecule has 0 saturated heterocycles. The van der Waals surface area contributed by atoms with Crippen LogP contribution in [0.5, 0.6) is 0 Å². The largest absolute Gasteiger partial charge is 0.357 e. The van der Waals surface area contributed by atoms with Crippen LogP contribution in [0.3, 0.4) is 0 Å². The van der Waals surface area contributed by atoms with Crippen molar-refractivity contribution in [1.82, 2.24) is 15.5 Å². The Hall–Kier alpha value is -1.18. The molecule has 0 aromatic rings. The van der Waals surface area contributed by atoms with E-state index in [-0.39, 0.29) is 24.4 Å². The Bertz CT molecular complexity index is 776. The summed E-state index contributed by atoms with van der Waals surface area (Å²) < 4.78 is 0. The lowest BCUT2D eigenvalue weighted by molar-refractivity contribution is -0.657. The second kappa shape index (κ2) is 47.5. The Morgan fingerprint density at radius 2 is 0.825 bits per heavy atom. The first kappa shape index (κ1) is 55.8. The van der Waals surface area contributed by atoms with E-state index < -0.39 is 0 Å². The molecule has 0 aromatic heterocycles. The molecule has 7 heteroatoms. The van der Waals surface area contributed by atoms with Gasteiger partial charge in [-0.2, -0.15) is 0 Å². The maximum atomic E-state index is 13.6. The normalized spacial score (nSPS) is 12.0. The van der Waals surface area contributed by atoms with E-state index in [1.54, 1.807) is 0 Å². The molecule has 7 N–H and O–H groups in total. The third kappa shape index (κ3) is 41.3. The van der Waals surface area contributed by atoms with E-state index in [1.807, 2.05) is 0 Å². The molecule has 0 aliphatic heterocycles. The molecule has 340 valence electrons. The van der Waals surface area contributed by atoms with Crippen molar-refractivity contribution >= 4 is 11.8 Å². The average molecular weight is 808 g/mol. The second-order valence-electron chi connectivity index (χ2n) is 17.8. The second-order valence-corrected chi connectivity index (χ2v) is 17.8. The fraction of sp³-hybridized carbons (Fsp3) is 0.960. The van der Waals surface area contributed by atoms with Crippen LogP contribution in [0.25, 0.3) is 0 Å². The van der Waals surface area contributed by atoms with Gasteiger partial charge in [0.15, 0.2) is 0 Å². The van der Waals surface area contributed by atoms with Crippen LogP contribution >= 0.6 is 0 Å². The van der Waals surface area contributed by atoms with Gasteiger partial charge in [-0.05, 0) is 38.6 Å². The summed E-state index contributed by atoms with van der Waals surface area (Å²) in [5.41, 5.74) is 3.93. The van der Waals surface area contributed by atoms with Gasteiger partial charge in [0.1, 0.15) is 0 Å². The highest BCUT2D eigenvalue weighted by Gasteiger charge is 2.20. The number of hydrogen-bond donors (Lipinski definition) is 4. The van der Waals surface area contributed by atoms with Crippen LogP contribution in [0.4, 0.5) is 0 Å². The molecule has 0 fully saturated rings. The molecular formula is C50H105N5O2+2. The van der Waals surface area contributed by atoms with Crippen molar-refractivity contribution in [3.8, 4) is 0 Å². The van der Waals surface area contributed by atoms with Gasteiger partial charge in [-0.3, -0.25) is 9.59 Å². The minimum Gasteiger partial charge on any atom is -0.357 e. The number of nitrogens with zero attached hydrogens (tertiary/aromatic N) is 1. The van der Waals surface area contributed by atoms with E-state index in [2.05, 4.69) is 47.4 Å². The lowest BCUT2D eigenvalue weighted by Crippen LogP contribution is -2.85. The summed E-state index contributed by atoms with van der Waals surface area (Å²) in [5, 5.41) is 8.88. The van der Waals surface area contributed by atoms with Crippen molar-refractivity contribution in [3.05, 3.63) is 0 Å². The Kier molecular flexibility index (Phi) is 46.5. The Morgan fingerprint density at radius 1 is 0.474 bits per heavy atom. The molecule has 0 rings (SSSR count). The minimum atomic E-state index is -0.223. The number of carbonyl (C=O) groups is 2.